The minimum Gasteiger partial charge on any atom is -0.475 e. The molecule has 2 amide bonds. The molecule has 25 heavy (non-hydrogen) atoms. The molecule has 3 rings (SSSR count). The maximum Gasteiger partial charge on any atom is 0.490 e. The maximum absolute atomic E-state index is 12.0. The summed E-state index contributed by atoms with van der Waals surface area (Å²) in [6.45, 7) is 1.71. The smallest absolute Gasteiger partial charge is 0.475 e. The third-order valence-corrected chi connectivity index (χ3v) is 3.54. The summed E-state index contributed by atoms with van der Waals surface area (Å²) in [7, 11) is 0. The van der Waals surface area contributed by atoms with Crippen LogP contribution in [0.15, 0.2) is 24.3 Å². The molecule has 1 fully saturated rings. The molecule has 0 unspecified atom stereocenters. The molecule has 0 bridgehead atoms. The van der Waals surface area contributed by atoms with E-state index in [9.17, 15) is 22.8 Å². The number of carbonyl (C=O) groups is 3. The van der Waals surface area contributed by atoms with Crippen LogP contribution in [0.4, 0.5) is 13.2 Å². The predicted molar refractivity (Wildman–Crippen MR) is 77.6 cm³/mol. The molecule has 1 saturated heterocycles. The van der Waals surface area contributed by atoms with E-state index in [2.05, 4.69) is 5.32 Å². The molecule has 0 saturated carbocycles. The van der Waals surface area contributed by atoms with Crippen LogP contribution in [0.1, 0.15) is 33.6 Å². The Kier molecular flexibility index (Phi) is 5.75. The summed E-state index contributed by atoms with van der Waals surface area (Å²) in [6, 6.07) is 6.80. The van der Waals surface area contributed by atoms with Gasteiger partial charge in [-0.05, 0) is 38.1 Å². The van der Waals surface area contributed by atoms with Gasteiger partial charge in [0.15, 0.2) is 0 Å². The fourth-order valence-corrected chi connectivity index (χ4v) is 2.31. The lowest BCUT2D eigenvalue weighted by Gasteiger charge is -2.25. The molecule has 2 aliphatic heterocycles. The number of alkyl halides is 3. The number of piperidine rings is 1. The van der Waals surface area contributed by atoms with Crippen molar-refractivity contribution in [1.82, 2.24) is 10.4 Å². The molecule has 0 radical (unpaired) electrons. The minimum atomic E-state index is -5.08. The number of rotatable bonds is 2. The van der Waals surface area contributed by atoms with Crippen molar-refractivity contribution in [2.24, 2.45) is 0 Å². The van der Waals surface area contributed by atoms with E-state index >= 15 is 0 Å². The average Bonchev–Trinajstić information content (AvgIpc) is 2.81. The van der Waals surface area contributed by atoms with Gasteiger partial charge >= 0.3 is 12.1 Å². The Morgan fingerprint density at radius 1 is 1.12 bits per heavy atom. The molecular formula is C15H15F3N2O5. The number of nitrogens with one attached hydrogen (secondary N) is 1. The summed E-state index contributed by atoms with van der Waals surface area (Å²) < 4.78 is 31.7. The maximum atomic E-state index is 12.0. The topological polar surface area (TPSA) is 95.9 Å². The van der Waals surface area contributed by atoms with E-state index in [-0.39, 0.29) is 17.9 Å². The fourth-order valence-electron chi connectivity index (χ4n) is 2.31. The van der Waals surface area contributed by atoms with Crippen LogP contribution in [0.3, 0.4) is 0 Å². The van der Waals surface area contributed by atoms with Crippen molar-refractivity contribution in [2.75, 3.05) is 13.1 Å². The van der Waals surface area contributed by atoms with Gasteiger partial charge in [-0.2, -0.15) is 13.2 Å². The van der Waals surface area contributed by atoms with E-state index in [0.29, 0.717) is 11.1 Å². The first-order valence-electron chi connectivity index (χ1n) is 7.37. The lowest BCUT2D eigenvalue weighted by molar-refractivity contribution is -0.192. The van der Waals surface area contributed by atoms with E-state index in [0.717, 1.165) is 31.0 Å². The number of halogens is 3. The number of hydrogen-bond acceptors (Lipinski definition) is 5. The number of imide groups is 1. The highest BCUT2D eigenvalue weighted by molar-refractivity contribution is 6.20. The summed E-state index contributed by atoms with van der Waals surface area (Å²) in [5.74, 6) is -3.46. The second kappa shape index (κ2) is 7.62. The van der Waals surface area contributed by atoms with Crippen LogP contribution in [-0.2, 0) is 9.63 Å². The number of carboxylic acid groups (broad SMARTS) is 1. The van der Waals surface area contributed by atoms with Crippen molar-refractivity contribution in [1.29, 1.82) is 0 Å². The Labute approximate surface area is 140 Å². The molecule has 0 spiro atoms. The number of amides is 2. The normalized spacial score (nSPS) is 17.8. The Hall–Kier alpha value is -2.46. The van der Waals surface area contributed by atoms with Gasteiger partial charge in [-0.1, -0.05) is 12.1 Å². The molecular weight excluding hydrogens is 345 g/mol. The molecule has 2 aliphatic rings. The van der Waals surface area contributed by atoms with Gasteiger partial charge in [0.1, 0.15) is 0 Å². The number of hydrogen-bond donors (Lipinski definition) is 2. The highest BCUT2D eigenvalue weighted by atomic mass is 19.4. The zero-order valence-corrected chi connectivity index (χ0v) is 12.9. The second-order valence-electron chi connectivity index (χ2n) is 5.31. The van der Waals surface area contributed by atoms with E-state index in [1.165, 1.54) is 0 Å². The second-order valence-corrected chi connectivity index (χ2v) is 5.31. The molecule has 1 aromatic carbocycles. The zero-order valence-electron chi connectivity index (χ0n) is 12.9. The van der Waals surface area contributed by atoms with Crippen LogP contribution in [0.2, 0.25) is 0 Å². The monoisotopic (exact) mass is 360 g/mol. The first-order chi connectivity index (χ1) is 11.7. The summed E-state index contributed by atoms with van der Waals surface area (Å²) in [6.07, 6.45) is -3.52. The molecule has 7 nitrogen and oxygen atoms in total. The van der Waals surface area contributed by atoms with Crippen molar-refractivity contribution >= 4 is 17.8 Å². The standard InChI is InChI=1S/C13H14N2O3.C2HF3O2/c16-12-10-3-1-2-4-11(10)13(17)15(12)18-9-5-7-14-8-6-9;3-2(4,5)1(6)7/h1-4,9,14H,5-8H2;(H,6,7). The van der Waals surface area contributed by atoms with E-state index < -0.39 is 12.1 Å². The minimum absolute atomic E-state index is 0.0616. The van der Waals surface area contributed by atoms with Gasteiger partial charge in [-0.3, -0.25) is 14.4 Å². The summed E-state index contributed by atoms with van der Waals surface area (Å²) in [4.78, 5) is 38.5. The molecule has 0 atom stereocenters. The molecule has 0 aromatic heterocycles. The van der Waals surface area contributed by atoms with Crippen LogP contribution >= 0.6 is 0 Å². The van der Waals surface area contributed by atoms with Gasteiger partial charge in [0.25, 0.3) is 11.8 Å². The number of carbonyl (C=O) groups excluding carboxylic acids is 2. The first-order valence-corrected chi connectivity index (χ1v) is 7.37. The van der Waals surface area contributed by atoms with Gasteiger partial charge in [-0.15, -0.1) is 5.06 Å². The van der Waals surface area contributed by atoms with Crippen molar-refractivity contribution in [3.63, 3.8) is 0 Å². The summed E-state index contributed by atoms with van der Waals surface area (Å²) in [5.41, 5.74) is 0.855. The number of aliphatic carboxylic acids is 1. The predicted octanol–water partition coefficient (Wildman–Crippen LogP) is 1.60. The number of nitrogens with zero attached hydrogens (tertiary/aromatic N) is 1. The molecule has 2 N–H and O–H groups in total. The average molecular weight is 360 g/mol. The molecule has 10 heteroatoms. The van der Waals surface area contributed by atoms with E-state index in [4.69, 9.17) is 14.7 Å². The molecule has 136 valence electrons. The van der Waals surface area contributed by atoms with Gasteiger partial charge in [0, 0.05) is 0 Å². The van der Waals surface area contributed by atoms with Gasteiger partial charge in [0.2, 0.25) is 0 Å². The van der Waals surface area contributed by atoms with Crippen LogP contribution < -0.4 is 5.32 Å². The SMILES string of the molecule is O=C(O)C(F)(F)F.O=C1c2ccccc2C(=O)N1OC1CCNCC1. The van der Waals surface area contributed by atoms with E-state index in [1.807, 2.05) is 0 Å². The third-order valence-electron chi connectivity index (χ3n) is 3.54. The molecule has 1 aromatic rings. The van der Waals surface area contributed by atoms with E-state index in [1.54, 1.807) is 24.3 Å². The first kappa shape index (κ1) is 18.9. The summed E-state index contributed by atoms with van der Waals surface area (Å²) in [5, 5.41) is 11.3. The van der Waals surface area contributed by atoms with Crippen LogP contribution in [0.25, 0.3) is 0 Å². The number of carboxylic acids is 1. The Balaban J connectivity index is 0.000000277. The van der Waals surface area contributed by atoms with Crippen molar-refractivity contribution < 1.29 is 37.5 Å². The Morgan fingerprint density at radius 2 is 1.56 bits per heavy atom. The number of benzene rings is 1. The van der Waals surface area contributed by atoms with Gasteiger partial charge in [-0.25, -0.2) is 4.79 Å². The zero-order chi connectivity index (χ0) is 18.6. The highest BCUT2D eigenvalue weighted by Gasteiger charge is 2.39. The molecule has 2 heterocycles. The summed E-state index contributed by atoms with van der Waals surface area (Å²) >= 11 is 0. The van der Waals surface area contributed by atoms with Gasteiger partial charge < -0.3 is 10.4 Å². The number of hydroxylamine groups is 2. The van der Waals surface area contributed by atoms with Crippen LogP contribution in [0.5, 0.6) is 0 Å². The Morgan fingerprint density at radius 3 is 1.96 bits per heavy atom. The molecule has 0 aliphatic carbocycles. The van der Waals surface area contributed by atoms with Crippen LogP contribution in [0, 0.1) is 0 Å². The lowest BCUT2D eigenvalue weighted by atomic mass is 10.1. The van der Waals surface area contributed by atoms with Gasteiger partial charge in [0.05, 0.1) is 17.2 Å². The Bertz CT molecular complexity index is 636. The number of fused-ring (bicyclic) bond motifs is 1. The lowest BCUT2D eigenvalue weighted by Crippen LogP contribution is -2.40. The van der Waals surface area contributed by atoms with Crippen molar-refractivity contribution in [3.8, 4) is 0 Å². The van der Waals surface area contributed by atoms with Crippen molar-refractivity contribution in [2.45, 2.75) is 25.1 Å². The van der Waals surface area contributed by atoms with Crippen LogP contribution in [-0.4, -0.2) is 53.3 Å². The largest absolute Gasteiger partial charge is 0.490 e. The quantitative estimate of drug-likeness (QED) is 0.778. The highest BCUT2D eigenvalue weighted by Crippen LogP contribution is 2.24. The fraction of sp³-hybridized carbons (Fsp3) is 0.400. The van der Waals surface area contributed by atoms with Crippen molar-refractivity contribution in [3.05, 3.63) is 35.4 Å². The third kappa shape index (κ3) is 4.54.